The van der Waals surface area contributed by atoms with Gasteiger partial charge in [0.05, 0.1) is 0 Å². The Bertz CT molecular complexity index is 471. The molecule has 0 fully saturated rings. The van der Waals surface area contributed by atoms with E-state index in [1.165, 1.54) is 15.6 Å². The fourth-order valence-electron chi connectivity index (χ4n) is 1.77. The van der Waals surface area contributed by atoms with Gasteiger partial charge in [0.2, 0.25) is 0 Å². The maximum Gasteiger partial charge on any atom is 0.0271 e. The third kappa shape index (κ3) is 3.65. The molecule has 1 aromatic carbocycles. The standard InChI is InChI=1S/C14H15BrN2/c1-17(10-12-6-8-16-9-7-12)11-13-4-2-3-5-14(13)15/h2-9H,10-11H2,1H3. The Morgan fingerprint density at radius 1 is 1.06 bits per heavy atom. The highest BCUT2D eigenvalue weighted by molar-refractivity contribution is 9.10. The molecule has 2 nitrogen and oxygen atoms in total. The van der Waals surface area contributed by atoms with Crippen molar-refractivity contribution in [3.63, 3.8) is 0 Å². The largest absolute Gasteiger partial charge is 0.298 e. The van der Waals surface area contributed by atoms with Crippen molar-refractivity contribution in [1.29, 1.82) is 0 Å². The average Bonchev–Trinajstić information content (AvgIpc) is 2.33. The van der Waals surface area contributed by atoms with Crippen LogP contribution in [0.5, 0.6) is 0 Å². The monoisotopic (exact) mass is 290 g/mol. The molecule has 0 saturated carbocycles. The number of pyridine rings is 1. The van der Waals surface area contributed by atoms with Gasteiger partial charge in [-0.1, -0.05) is 34.1 Å². The molecule has 3 heteroatoms. The quantitative estimate of drug-likeness (QED) is 0.857. The molecule has 0 radical (unpaired) electrons. The van der Waals surface area contributed by atoms with Gasteiger partial charge in [-0.05, 0) is 36.4 Å². The Balaban J connectivity index is 1.98. The molecule has 17 heavy (non-hydrogen) atoms. The van der Waals surface area contributed by atoms with Crippen LogP contribution in [0.3, 0.4) is 0 Å². The second-order valence-corrected chi connectivity index (χ2v) is 4.97. The summed E-state index contributed by atoms with van der Waals surface area (Å²) < 4.78 is 1.17. The van der Waals surface area contributed by atoms with E-state index in [9.17, 15) is 0 Å². The van der Waals surface area contributed by atoms with Crippen molar-refractivity contribution < 1.29 is 0 Å². The lowest BCUT2D eigenvalue weighted by Gasteiger charge is -2.17. The molecular weight excluding hydrogens is 276 g/mol. The van der Waals surface area contributed by atoms with E-state index in [-0.39, 0.29) is 0 Å². The average molecular weight is 291 g/mol. The van der Waals surface area contributed by atoms with E-state index in [0.717, 1.165) is 13.1 Å². The predicted octanol–water partition coefficient (Wildman–Crippen LogP) is 3.48. The maximum atomic E-state index is 4.02. The maximum absolute atomic E-state index is 4.02. The molecule has 0 saturated heterocycles. The molecule has 2 rings (SSSR count). The smallest absolute Gasteiger partial charge is 0.0271 e. The number of halogens is 1. The van der Waals surface area contributed by atoms with Crippen LogP contribution in [0, 0.1) is 0 Å². The first-order valence-corrected chi connectivity index (χ1v) is 6.36. The molecule has 88 valence electrons. The summed E-state index contributed by atoms with van der Waals surface area (Å²) in [5, 5.41) is 0. The Labute approximate surface area is 110 Å². The van der Waals surface area contributed by atoms with Gasteiger partial charge in [-0.2, -0.15) is 0 Å². The number of nitrogens with zero attached hydrogens (tertiary/aromatic N) is 2. The van der Waals surface area contributed by atoms with Gasteiger partial charge in [-0.25, -0.2) is 0 Å². The van der Waals surface area contributed by atoms with Crippen molar-refractivity contribution >= 4 is 15.9 Å². The van der Waals surface area contributed by atoms with Crippen LogP contribution in [0.2, 0.25) is 0 Å². The van der Waals surface area contributed by atoms with Crippen molar-refractivity contribution in [3.8, 4) is 0 Å². The van der Waals surface area contributed by atoms with Gasteiger partial charge < -0.3 is 0 Å². The van der Waals surface area contributed by atoms with Crippen LogP contribution in [0.4, 0.5) is 0 Å². The summed E-state index contributed by atoms with van der Waals surface area (Å²) in [6.45, 7) is 1.87. The molecule has 0 aliphatic carbocycles. The van der Waals surface area contributed by atoms with Crippen LogP contribution < -0.4 is 0 Å². The van der Waals surface area contributed by atoms with Crippen molar-refractivity contribution in [2.24, 2.45) is 0 Å². The zero-order valence-electron chi connectivity index (χ0n) is 9.81. The molecule has 0 amide bonds. The highest BCUT2D eigenvalue weighted by atomic mass is 79.9. The van der Waals surface area contributed by atoms with Gasteiger partial charge in [-0.15, -0.1) is 0 Å². The van der Waals surface area contributed by atoms with Gasteiger partial charge in [0.1, 0.15) is 0 Å². The minimum Gasteiger partial charge on any atom is -0.298 e. The Morgan fingerprint density at radius 3 is 2.47 bits per heavy atom. The van der Waals surface area contributed by atoms with E-state index in [1.807, 2.05) is 18.5 Å². The number of hydrogen-bond acceptors (Lipinski definition) is 2. The molecule has 2 aromatic rings. The molecular formula is C14H15BrN2. The molecule has 0 N–H and O–H groups in total. The second-order valence-electron chi connectivity index (χ2n) is 4.12. The van der Waals surface area contributed by atoms with E-state index in [4.69, 9.17) is 0 Å². The summed E-state index contributed by atoms with van der Waals surface area (Å²) >= 11 is 3.57. The highest BCUT2D eigenvalue weighted by Crippen LogP contribution is 2.17. The first kappa shape index (κ1) is 12.3. The molecule has 1 heterocycles. The summed E-state index contributed by atoms with van der Waals surface area (Å²) in [7, 11) is 2.12. The topological polar surface area (TPSA) is 16.1 Å². The van der Waals surface area contributed by atoms with E-state index in [2.05, 4.69) is 63.2 Å². The van der Waals surface area contributed by atoms with Crippen molar-refractivity contribution in [2.45, 2.75) is 13.1 Å². The highest BCUT2D eigenvalue weighted by Gasteiger charge is 2.04. The third-order valence-corrected chi connectivity index (χ3v) is 3.37. The Kier molecular flexibility index (Phi) is 4.29. The first-order chi connectivity index (χ1) is 8.25. The minimum absolute atomic E-state index is 0.934. The van der Waals surface area contributed by atoms with Crippen LogP contribution in [0.1, 0.15) is 11.1 Å². The molecule has 0 aliphatic heterocycles. The van der Waals surface area contributed by atoms with Crippen LogP contribution in [0.25, 0.3) is 0 Å². The second kappa shape index (κ2) is 5.94. The number of benzene rings is 1. The van der Waals surface area contributed by atoms with Crippen molar-refractivity contribution in [1.82, 2.24) is 9.88 Å². The molecule has 1 aromatic heterocycles. The van der Waals surface area contributed by atoms with E-state index in [1.54, 1.807) is 0 Å². The third-order valence-electron chi connectivity index (χ3n) is 2.60. The van der Waals surface area contributed by atoms with Crippen molar-refractivity contribution in [3.05, 3.63) is 64.4 Å². The summed E-state index contributed by atoms with van der Waals surface area (Å²) in [6.07, 6.45) is 3.67. The van der Waals surface area contributed by atoms with E-state index >= 15 is 0 Å². The fraction of sp³-hybridized carbons (Fsp3) is 0.214. The van der Waals surface area contributed by atoms with Gasteiger partial charge in [0.15, 0.2) is 0 Å². The summed E-state index contributed by atoms with van der Waals surface area (Å²) in [6, 6.07) is 12.4. The minimum atomic E-state index is 0.934. The SMILES string of the molecule is CN(Cc1ccncc1)Cc1ccccc1Br. The van der Waals surface area contributed by atoms with Crippen LogP contribution in [-0.2, 0) is 13.1 Å². The van der Waals surface area contributed by atoms with E-state index in [0.29, 0.717) is 0 Å². The van der Waals surface area contributed by atoms with Crippen LogP contribution >= 0.6 is 15.9 Å². The molecule has 0 unspecified atom stereocenters. The van der Waals surface area contributed by atoms with Crippen LogP contribution in [-0.4, -0.2) is 16.9 Å². The number of aromatic nitrogens is 1. The van der Waals surface area contributed by atoms with E-state index < -0.39 is 0 Å². The first-order valence-electron chi connectivity index (χ1n) is 5.56. The van der Waals surface area contributed by atoms with Gasteiger partial charge in [0.25, 0.3) is 0 Å². The lowest BCUT2D eigenvalue weighted by atomic mass is 10.2. The Morgan fingerprint density at radius 2 is 1.76 bits per heavy atom. The molecule has 0 bridgehead atoms. The molecule has 0 spiro atoms. The van der Waals surface area contributed by atoms with Crippen LogP contribution in [0.15, 0.2) is 53.3 Å². The zero-order valence-corrected chi connectivity index (χ0v) is 11.4. The lowest BCUT2D eigenvalue weighted by molar-refractivity contribution is 0.318. The normalized spacial score (nSPS) is 10.8. The zero-order chi connectivity index (χ0) is 12.1. The number of rotatable bonds is 4. The van der Waals surface area contributed by atoms with Gasteiger partial charge >= 0.3 is 0 Å². The Hall–Kier alpha value is -1.19. The molecule has 0 atom stereocenters. The molecule has 0 aliphatic rings. The summed E-state index contributed by atoms with van der Waals surface area (Å²) in [5.41, 5.74) is 2.60. The summed E-state index contributed by atoms with van der Waals surface area (Å²) in [5.74, 6) is 0. The van der Waals surface area contributed by atoms with Crippen molar-refractivity contribution in [2.75, 3.05) is 7.05 Å². The van der Waals surface area contributed by atoms with Gasteiger partial charge in [0, 0.05) is 30.0 Å². The predicted molar refractivity (Wildman–Crippen MR) is 73.6 cm³/mol. The van der Waals surface area contributed by atoms with Gasteiger partial charge in [-0.3, -0.25) is 9.88 Å². The fourth-order valence-corrected chi connectivity index (χ4v) is 2.18. The lowest BCUT2D eigenvalue weighted by Crippen LogP contribution is -2.17. The summed E-state index contributed by atoms with van der Waals surface area (Å²) in [4.78, 5) is 6.31. The number of hydrogen-bond donors (Lipinski definition) is 0.